The molecule has 140 valence electrons. The van der Waals surface area contributed by atoms with Gasteiger partial charge in [0.05, 0.1) is 17.8 Å². The Hall–Kier alpha value is -3.53. The average Bonchev–Trinajstić information content (AvgIpc) is 3.47. The number of nitriles is 1. The molecule has 0 saturated heterocycles. The van der Waals surface area contributed by atoms with Crippen LogP contribution in [0.1, 0.15) is 54.3 Å². The summed E-state index contributed by atoms with van der Waals surface area (Å²) in [6, 6.07) is 10.4. The van der Waals surface area contributed by atoms with Gasteiger partial charge in [-0.05, 0) is 30.5 Å². The van der Waals surface area contributed by atoms with Crippen LogP contribution in [0.4, 0.5) is 0 Å². The summed E-state index contributed by atoms with van der Waals surface area (Å²) in [5.41, 5.74) is 10.5. The van der Waals surface area contributed by atoms with Crippen LogP contribution in [0.5, 0.6) is 5.88 Å². The van der Waals surface area contributed by atoms with Crippen molar-refractivity contribution < 1.29 is 4.74 Å². The number of aromatic amines is 1. The van der Waals surface area contributed by atoms with Gasteiger partial charge in [0.25, 0.3) is 0 Å². The number of fused-ring (bicyclic) bond motifs is 1. The largest absolute Gasteiger partial charge is 0.420 e. The zero-order chi connectivity index (χ0) is 19.1. The van der Waals surface area contributed by atoms with Gasteiger partial charge in [0.1, 0.15) is 11.6 Å². The summed E-state index contributed by atoms with van der Waals surface area (Å²) in [5.74, 6) is 0.761. The molecule has 1 atom stereocenters. The lowest BCUT2D eigenvalue weighted by molar-refractivity contribution is 0.378. The molecule has 1 aliphatic heterocycles. The van der Waals surface area contributed by atoms with Gasteiger partial charge < -0.3 is 15.0 Å². The van der Waals surface area contributed by atoms with Gasteiger partial charge in [0, 0.05) is 29.7 Å². The summed E-state index contributed by atoms with van der Waals surface area (Å²) in [7, 11) is 0. The molecule has 1 unspecified atom stereocenters. The van der Waals surface area contributed by atoms with E-state index >= 15 is 0 Å². The maximum atomic E-state index is 9.81. The van der Waals surface area contributed by atoms with Gasteiger partial charge in [0.15, 0.2) is 0 Å². The molecule has 0 bridgehead atoms. The molecule has 3 aromatic rings. The highest BCUT2D eigenvalue weighted by Gasteiger charge is 2.37. The number of benzene rings is 1. The van der Waals surface area contributed by atoms with Crippen LogP contribution < -0.4 is 10.5 Å². The highest BCUT2D eigenvalue weighted by atomic mass is 16.5. The first-order valence-electron chi connectivity index (χ1n) is 9.50. The Morgan fingerprint density at radius 3 is 2.68 bits per heavy atom. The quantitative estimate of drug-likeness (QED) is 0.732. The molecule has 5 rings (SSSR count). The van der Waals surface area contributed by atoms with E-state index in [0.29, 0.717) is 17.4 Å². The zero-order valence-corrected chi connectivity index (χ0v) is 15.3. The fourth-order valence-electron chi connectivity index (χ4n) is 4.38. The molecule has 28 heavy (non-hydrogen) atoms. The van der Waals surface area contributed by atoms with Crippen LogP contribution in [0.3, 0.4) is 0 Å². The molecule has 1 aromatic carbocycles. The maximum Gasteiger partial charge on any atom is 0.244 e. The van der Waals surface area contributed by atoms with Gasteiger partial charge >= 0.3 is 0 Å². The molecule has 3 N–H and O–H groups in total. The zero-order valence-electron chi connectivity index (χ0n) is 15.3. The second-order valence-electron chi connectivity index (χ2n) is 7.32. The van der Waals surface area contributed by atoms with Gasteiger partial charge in [0.2, 0.25) is 11.8 Å². The normalized spacial score (nSPS) is 19.3. The Labute approximate surface area is 162 Å². The number of nitrogens with two attached hydrogens (primary N) is 1. The Morgan fingerprint density at radius 2 is 2.00 bits per heavy atom. The molecule has 1 saturated carbocycles. The SMILES string of the molecule is N#CC1=C(N)Oc2n[nH]c(C3CCCC3)c2C1c1ccc(-n2ccnc2)cc1. The fraction of sp³-hybridized carbons (Fsp3) is 0.286. The summed E-state index contributed by atoms with van der Waals surface area (Å²) >= 11 is 0. The molecule has 2 aromatic heterocycles. The van der Waals surface area contributed by atoms with Crippen LogP contribution in [0.2, 0.25) is 0 Å². The molecule has 1 fully saturated rings. The minimum Gasteiger partial charge on any atom is -0.420 e. The van der Waals surface area contributed by atoms with Crippen molar-refractivity contribution in [2.75, 3.05) is 0 Å². The van der Waals surface area contributed by atoms with Crippen LogP contribution in [-0.2, 0) is 0 Å². The van der Waals surface area contributed by atoms with Crippen LogP contribution in [0.15, 0.2) is 54.4 Å². The van der Waals surface area contributed by atoms with Crippen molar-refractivity contribution in [3.63, 3.8) is 0 Å². The van der Waals surface area contributed by atoms with Crippen molar-refractivity contribution in [1.82, 2.24) is 19.7 Å². The van der Waals surface area contributed by atoms with E-state index in [1.807, 2.05) is 35.0 Å². The number of aromatic nitrogens is 4. The van der Waals surface area contributed by atoms with Gasteiger partial charge in [-0.3, -0.25) is 5.10 Å². The molecule has 0 spiro atoms. The van der Waals surface area contributed by atoms with E-state index in [4.69, 9.17) is 10.5 Å². The molecular weight excluding hydrogens is 352 g/mol. The number of H-pyrrole nitrogens is 1. The number of ether oxygens (including phenoxy) is 1. The number of allylic oxidation sites excluding steroid dienone is 1. The smallest absolute Gasteiger partial charge is 0.244 e. The summed E-state index contributed by atoms with van der Waals surface area (Å²) in [5, 5.41) is 17.4. The first kappa shape index (κ1) is 16.6. The summed E-state index contributed by atoms with van der Waals surface area (Å²) < 4.78 is 7.63. The number of nitrogens with one attached hydrogen (secondary N) is 1. The highest BCUT2D eigenvalue weighted by molar-refractivity contribution is 5.56. The standard InChI is InChI=1S/C21H20N6O/c22-11-16-17(13-5-7-15(8-6-13)27-10-9-24-12-27)18-19(14-3-1-2-4-14)25-26-21(18)28-20(16)23/h5-10,12,14,17H,1-4,23H2,(H,25,26). The lowest BCUT2D eigenvalue weighted by atomic mass is 9.81. The molecule has 1 aliphatic carbocycles. The van der Waals surface area contributed by atoms with Crippen molar-refractivity contribution in [1.29, 1.82) is 5.26 Å². The average molecular weight is 372 g/mol. The van der Waals surface area contributed by atoms with E-state index in [1.165, 1.54) is 12.8 Å². The summed E-state index contributed by atoms with van der Waals surface area (Å²) in [6.07, 6.45) is 10.1. The summed E-state index contributed by atoms with van der Waals surface area (Å²) in [6.45, 7) is 0. The van der Waals surface area contributed by atoms with Crippen LogP contribution >= 0.6 is 0 Å². The molecule has 0 amide bonds. The second kappa shape index (κ2) is 6.57. The van der Waals surface area contributed by atoms with Crippen LogP contribution in [-0.4, -0.2) is 19.7 Å². The fourth-order valence-corrected chi connectivity index (χ4v) is 4.38. The van der Waals surface area contributed by atoms with Crippen molar-refractivity contribution in [2.24, 2.45) is 5.73 Å². The van der Waals surface area contributed by atoms with Gasteiger partial charge in [-0.1, -0.05) is 25.0 Å². The van der Waals surface area contributed by atoms with E-state index < -0.39 is 0 Å². The molecular formula is C21H20N6O. The second-order valence-corrected chi connectivity index (χ2v) is 7.32. The molecule has 3 heterocycles. The van der Waals surface area contributed by atoms with Crippen molar-refractivity contribution in [2.45, 2.75) is 37.5 Å². The maximum absolute atomic E-state index is 9.81. The van der Waals surface area contributed by atoms with E-state index in [1.54, 1.807) is 12.5 Å². The van der Waals surface area contributed by atoms with E-state index in [9.17, 15) is 5.26 Å². The predicted octanol–water partition coefficient (Wildman–Crippen LogP) is 3.47. The molecule has 7 heteroatoms. The highest BCUT2D eigenvalue weighted by Crippen LogP contribution is 2.47. The molecule has 0 radical (unpaired) electrons. The van der Waals surface area contributed by atoms with E-state index in [2.05, 4.69) is 21.3 Å². The first-order valence-corrected chi connectivity index (χ1v) is 9.50. The first-order chi connectivity index (χ1) is 13.8. The Morgan fingerprint density at radius 1 is 1.21 bits per heavy atom. The van der Waals surface area contributed by atoms with Crippen LogP contribution in [0, 0.1) is 11.3 Å². The minimum absolute atomic E-state index is 0.128. The number of hydrogen-bond donors (Lipinski definition) is 2. The lowest BCUT2D eigenvalue weighted by Gasteiger charge is -2.25. The summed E-state index contributed by atoms with van der Waals surface area (Å²) in [4.78, 5) is 4.09. The molecule has 7 nitrogen and oxygen atoms in total. The van der Waals surface area contributed by atoms with E-state index in [0.717, 1.165) is 35.3 Å². The van der Waals surface area contributed by atoms with E-state index in [-0.39, 0.29) is 11.8 Å². The number of imidazole rings is 1. The Balaban J connectivity index is 1.61. The monoisotopic (exact) mass is 372 g/mol. The van der Waals surface area contributed by atoms with Crippen LogP contribution in [0.25, 0.3) is 5.69 Å². The third-order valence-corrected chi connectivity index (χ3v) is 5.76. The Bertz CT molecular complexity index is 1070. The van der Waals surface area contributed by atoms with Crippen molar-refractivity contribution in [3.8, 4) is 17.6 Å². The third kappa shape index (κ3) is 2.57. The van der Waals surface area contributed by atoms with Crippen molar-refractivity contribution in [3.05, 3.63) is 71.3 Å². The van der Waals surface area contributed by atoms with Gasteiger partial charge in [-0.2, -0.15) is 5.26 Å². The van der Waals surface area contributed by atoms with Gasteiger partial charge in [-0.15, -0.1) is 5.10 Å². The molecule has 2 aliphatic rings. The number of hydrogen-bond acceptors (Lipinski definition) is 5. The minimum atomic E-state index is -0.278. The number of nitrogens with zero attached hydrogens (tertiary/aromatic N) is 4. The van der Waals surface area contributed by atoms with Gasteiger partial charge in [-0.25, -0.2) is 4.98 Å². The Kier molecular flexibility index (Phi) is 3.90. The number of rotatable bonds is 3. The lowest BCUT2D eigenvalue weighted by Crippen LogP contribution is -2.21. The third-order valence-electron chi connectivity index (χ3n) is 5.76. The topological polar surface area (TPSA) is 106 Å². The van der Waals surface area contributed by atoms with Crippen molar-refractivity contribution >= 4 is 0 Å². The predicted molar refractivity (Wildman–Crippen MR) is 103 cm³/mol.